The number of rotatable bonds is 7. The van der Waals surface area contributed by atoms with E-state index >= 15 is 0 Å². The van der Waals surface area contributed by atoms with Gasteiger partial charge in [-0.25, -0.2) is 4.79 Å². The number of anilines is 1. The molecule has 0 atom stereocenters. The zero-order valence-electron chi connectivity index (χ0n) is 20.7. The summed E-state index contributed by atoms with van der Waals surface area (Å²) in [6.07, 6.45) is 3.48. The summed E-state index contributed by atoms with van der Waals surface area (Å²) >= 11 is 6.83. The molecule has 1 aromatic heterocycles. The first-order valence-electron chi connectivity index (χ1n) is 11.9. The average Bonchev–Trinajstić information content (AvgIpc) is 3.41. The van der Waals surface area contributed by atoms with Crippen molar-refractivity contribution in [2.24, 2.45) is 0 Å². The largest absolute Gasteiger partial charge is 0.465 e. The third-order valence-electron chi connectivity index (χ3n) is 6.14. The van der Waals surface area contributed by atoms with E-state index in [-0.39, 0.29) is 30.1 Å². The number of methoxy groups -OCH3 is 1. The van der Waals surface area contributed by atoms with Gasteiger partial charge in [-0.3, -0.25) is 19.3 Å². The summed E-state index contributed by atoms with van der Waals surface area (Å²) in [4.78, 5) is 51.7. The van der Waals surface area contributed by atoms with Crippen molar-refractivity contribution in [3.05, 3.63) is 106 Å². The van der Waals surface area contributed by atoms with Crippen LogP contribution in [0, 0.1) is 0 Å². The molecule has 0 unspecified atom stereocenters. The van der Waals surface area contributed by atoms with Gasteiger partial charge >= 0.3 is 5.97 Å². The van der Waals surface area contributed by atoms with Crippen LogP contribution in [0.5, 0.6) is 0 Å². The van der Waals surface area contributed by atoms with Gasteiger partial charge in [-0.05, 0) is 65.9 Å². The molecule has 0 radical (unpaired) electrons. The van der Waals surface area contributed by atoms with Crippen molar-refractivity contribution >= 4 is 69.1 Å². The lowest BCUT2D eigenvalue weighted by Crippen LogP contribution is -2.27. The predicted octanol–water partition coefficient (Wildman–Crippen LogP) is 5.96. The topological polar surface area (TPSA) is 97.7 Å². The monoisotopic (exact) mass is 559 g/mol. The van der Waals surface area contributed by atoms with Crippen molar-refractivity contribution in [3.63, 3.8) is 0 Å². The summed E-state index contributed by atoms with van der Waals surface area (Å²) in [5, 5.41) is 3.90. The minimum Gasteiger partial charge on any atom is -0.465 e. The average molecular weight is 560 g/mol. The number of ether oxygens (including phenoxy) is 1. The highest BCUT2D eigenvalue weighted by Crippen LogP contribution is 2.35. The van der Waals surface area contributed by atoms with Crippen molar-refractivity contribution in [1.82, 2.24) is 9.47 Å². The standard InChI is InChI=1S/C29H22ClN3O5S/c1-38-28(36)19-8-12-22(13-9-19)31-26(34)17-32-16-20(23-4-2-3-5-24(23)32)14-25-27(35)33(29(37)39-25)15-18-6-10-21(30)11-7-18/h2-14,16H,15,17H2,1H3,(H,31,34)/b25-14-. The van der Waals surface area contributed by atoms with Crippen molar-refractivity contribution in [2.45, 2.75) is 13.1 Å². The summed E-state index contributed by atoms with van der Waals surface area (Å²) in [5.41, 5.74) is 3.25. The second kappa shape index (κ2) is 11.2. The number of imide groups is 1. The maximum Gasteiger partial charge on any atom is 0.337 e. The molecule has 10 heteroatoms. The van der Waals surface area contributed by atoms with Crippen LogP contribution in [0.25, 0.3) is 17.0 Å². The van der Waals surface area contributed by atoms with Gasteiger partial charge in [0, 0.05) is 33.4 Å². The highest BCUT2D eigenvalue weighted by atomic mass is 35.5. The lowest BCUT2D eigenvalue weighted by Gasteiger charge is -2.12. The van der Waals surface area contributed by atoms with Gasteiger partial charge in [0.1, 0.15) is 6.54 Å². The molecule has 1 aliphatic heterocycles. The van der Waals surface area contributed by atoms with Gasteiger partial charge in [0.2, 0.25) is 5.91 Å². The summed E-state index contributed by atoms with van der Waals surface area (Å²) in [5.74, 6) is -1.09. The van der Waals surface area contributed by atoms with Crippen LogP contribution in [0.3, 0.4) is 0 Å². The number of hydrogen-bond acceptors (Lipinski definition) is 6. The lowest BCUT2D eigenvalue weighted by atomic mass is 10.1. The van der Waals surface area contributed by atoms with E-state index < -0.39 is 5.97 Å². The highest BCUT2D eigenvalue weighted by Gasteiger charge is 2.35. The summed E-state index contributed by atoms with van der Waals surface area (Å²) in [7, 11) is 1.31. The van der Waals surface area contributed by atoms with Gasteiger partial charge < -0.3 is 14.6 Å². The van der Waals surface area contributed by atoms with Gasteiger partial charge in [0.15, 0.2) is 0 Å². The Balaban J connectivity index is 1.34. The third kappa shape index (κ3) is 5.74. The summed E-state index contributed by atoms with van der Waals surface area (Å²) in [6, 6.07) is 20.9. The van der Waals surface area contributed by atoms with Crippen LogP contribution in [0.15, 0.2) is 83.9 Å². The van der Waals surface area contributed by atoms with Crippen LogP contribution in [-0.4, -0.2) is 39.6 Å². The third-order valence-corrected chi connectivity index (χ3v) is 7.30. The number of esters is 1. The molecule has 1 aliphatic rings. The zero-order chi connectivity index (χ0) is 27.5. The first-order chi connectivity index (χ1) is 18.8. The number of carbonyl (C=O) groups excluding carboxylic acids is 4. The molecule has 5 rings (SSSR count). The Hall–Kier alpha value is -4.34. The molecular formula is C29H22ClN3O5S. The first-order valence-corrected chi connectivity index (χ1v) is 13.1. The number of benzene rings is 3. The van der Waals surface area contributed by atoms with E-state index in [2.05, 4.69) is 5.32 Å². The van der Waals surface area contributed by atoms with Crippen molar-refractivity contribution in [2.75, 3.05) is 12.4 Å². The molecule has 4 aromatic rings. The molecule has 0 spiro atoms. The number of carbonyl (C=O) groups is 4. The van der Waals surface area contributed by atoms with E-state index in [0.29, 0.717) is 21.2 Å². The first kappa shape index (κ1) is 26.3. The van der Waals surface area contributed by atoms with Gasteiger partial charge in [-0.15, -0.1) is 0 Å². The van der Waals surface area contributed by atoms with E-state index in [1.165, 1.54) is 12.0 Å². The molecule has 0 aliphatic carbocycles. The SMILES string of the molecule is COC(=O)c1ccc(NC(=O)Cn2cc(/C=C3\SC(=O)N(Cc4ccc(Cl)cc4)C3=O)c3ccccc32)cc1. The predicted molar refractivity (Wildman–Crippen MR) is 151 cm³/mol. The number of nitrogens with one attached hydrogen (secondary N) is 1. The fraction of sp³-hybridized carbons (Fsp3) is 0.103. The van der Waals surface area contributed by atoms with Crippen LogP contribution >= 0.6 is 23.4 Å². The number of amides is 3. The Kier molecular flexibility index (Phi) is 7.53. The molecular weight excluding hydrogens is 538 g/mol. The van der Waals surface area contributed by atoms with Crippen LogP contribution < -0.4 is 5.32 Å². The van der Waals surface area contributed by atoms with E-state index in [1.807, 2.05) is 24.3 Å². The Morgan fingerprint density at radius 1 is 1.00 bits per heavy atom. The molecule has 0 saturated carbocycles. The molecule has 1 fully saturated rings. The quantitative estimate of drug-likeness (QED) is 0.222. The normalized spacial score (nSPS) is 14.3. The van der Waals surface area contributed by atoms with Crippen LogP contribution in [0.4, 0.5) is 10.5 Å². The molecule has 3 amide bonds. The Bertz CT molecular complexity index is 1630. The van der Waals surface area contributed by atoms with E-state index in [1.54, 1.807) is 65.4 Å². The molecule has 1 N–H and O–H groups in total. The number of para-hydroxylation sites is 1. The fourth-order valence-corrected chi connectivity index (χ4v) is 5.19. The summed E-state index contributed by atoms with van der Waals surface area (Å²) in [6.45, 7) is 0.173. The second-order valence-electron chi connectivity index (χ2n) is 8.74. The second-order valence-corrected chi connectivity index (χ2v) is 10.2. The van der Waals surface area contributed by atoms with Crippen molar-refractivity contribution < 1.29 is 23.9 Å². The minimum atomic E-state index is -0.456. The number of hydrogen-bond donors (Lipinski definition) is 1. The number of halogens is 1. The number of fused-ring (bicyclic) bond motifs is 1. The van der Waals surface area contributed by atoms with E-state index in [0.717, 1.165) is 33.8 Å². The van der Waals surface area contributed by atoms with Gasteiger partial charge in [-0.1, -0.05) is 41.9 Å². The molecule has 196 valence electrons. The molecule has 39 heavy (non-hydrogen) atoms. The molecule has 0 bridgehead atoms. The number of nitrogens with zero attached hydrogens (tertiary/aromatic N) is 2. The number of aromatic nitrogens is 1. The Morgan fingerprint density at radius 2 is 1.72 bits per heavy atom. The number of thioether (sulfide) groups is 1. The Morgan fingerprint density at radius 3 is 2.44 bits per heavy atom. The van der Waals surface area contributed by atoms with Crippen LogP contribution in [-0.2, 0) is 27.4 Å². The van der Waals surface area contributed by atoms with E-state index in [4.69, 9.17) is 16.3 Å². The maximum atomic E-state index is 13.1. The molecule has 2 heterocycles. The maximum absolute atomic E-state index is 13.1. The zero-order valence-corrected chi connectivity index (χ0v) is 22.3. The van der Waals surface area contributed by atoms with Gasteiger partial charge in [0.25, 0.3) is 11.1 Å². The summed E-state index contributed by atoms with van der Waals surface area (Å²) < 4.78 is 6.48. The van der Waals surface area contributed by atoms with Crippen molar-refractivity contribution in [3.8, 4) is 0 Å². The smallest absolute Gasteiger partial charge is 0.337 e. The van der Waals surface area contributed by atoms with Crippen molar-refractivity contribution in [1.29, 1.82) is 0 Å². The van der Waals surface area contributed by atoms with Crippen LogP contribution in [0.2, 0.25) is 5.02 Å². The van der Waals surface area contributed by atoms with Gasteiger partial charge in [-0.2, -0.15) is 0 Å². The highest BCUT2D eigenvalue weighted by molar-refractivity contribution is 8.18. The van der Waals surface area contributed by atoms with E-state index in [9.17, 15) is 19.2 Å². The van der Waals surface area contributed by atoms with Crippen LogP contribution in [0.1, 0.15) is 21.5 Å². The fourth-order valence-electron chi connectivity index (χ4n) is 4.23. The lowest BCUT2D eigenvalue weighted by molar-refractivity contribution is -0.123. The molecule has 3 aromatic carbocycles. The van der Waals surface area contributed by atoms with Gasteiger partial charge in [0.05, 0.1) is 24.1 Å². The Labute approximate surface area is 233 Å². The molecule has 1 saturated heterocycles. The minimum absolute atomic E-state index is 0.0190. The molecule has 8 nitrogen and oxygen atoms in total.